The lowest BCUT2D eigenvalue weighted by Gasteiger charge is -2.32. The lowest BCUT2D eigenvalue weighted by molar-refractivity contribution is -0.137. The lowest BCUT2D eigenvalue weighted by atomic mass is 9.69. The molecule has 3 aromatic carbocycles. The molecule has 0 spiro atoms. The molecule has 2 aliphatic rings. The van der Waals surface area contributed by atoms with E-state index in [1.807, 2.05) is 18.2 Å². The Hall–Kier alpha value is -3.33. The molecule has 0 bridgehead atoms. The summed E-state index contributed by atoms with van der Waals surface area (Å²) < 4.78 is 5.85. The van der Waals surface area contributed by atoms with E-state index in [4.69, 9.17) is 4.74 Å². The van der Waals surface area contributed by atoms with Gasteiger partial charge >= 0.3 is 0 Å². The largest absolute Gasteiger partial charge is 0.496 e. The van der Waals surface area contributed by atoms with Crippen molar-refractivity contribution in [2.24, 2.45) is 11.3 Å². The standard InChI is InChI=1S/C30H31NO2/c1-21-12-14-23(15-13-21)24-16-17-27(33-3)25(19-24)28-26-11-7-8-18-30(26,2)29(32)31(28)20-22-9-5-4-6-10-22/h4-7,9-17,19,26,28H,8,18,20H2,1-3H3/t26?,28?,30-/m1/s1. The number of fused-ring (bicyclic) bond motifs is 1. The van der Waals surface area contributed by atoms with Gasteiger partial charge in [0.1, 0.15) is 5.75 Å². The van der Waals surface area contributed by atoms with E-state index in [9.17, 15) is 4.79 Å². The van der Waals surface area contributed by atoms with Crippen LogP contribution >= 0.6 is 0 Å². The molecule has 2 unspecified atom stereocenters. The van der Waals surface area contributed by atoms with Gasteiger partial charge < -0.3 is 9.64 Å². The smallest absolute Gasteiger partial charge is 0.230 e. The fourth-order valence-electron chi connectivity index (χ4n) is 5.56. The summed E-state index contributed by atoms with van der Waals surface area (Å²) in [5, 5.41) is 0. The summed E-state index contributed by atoms with van der Waals surface area (Å²) in [6.45, 7) is 4.85. The minimum atomic E-state index is -0.390. The molecule has 1 heterocycles. The minimum absolute atomic E-state index is 0.0698. The second-order valence-corrected chi connectivity index (χ2v) is 9.60. The van der Waals surface area contributed by atoms with Crippen molar-refractivity contribution in [3.63, 3.8) is 0 Å². The summed E-state index contributed by atoms with van der Waals surface area (Å²) in [5.41, 5.74) is 5.40. The highest BCUT2D eigenvalue weighted by Crippen LogP contribution is 2.56. The van der Waals surface area contributed by atoms with Crippen LogP contribution < -0.4 is 4.74 Å². The number of methoxy groups -OCH3 is 1. The number of rotatable bonds is 5. The molecule has 1 saturated heterocycles. The Morgan fingerprint density at radius 3 is 2.45 bits per heavy atom. The van der Waals surface area contributed by atoms with Gasteiger partial charge in [-0.25, -0.2) is 0 Å². The molecule has 5 rings (SSSR count). The normalized spacial score (nSPS) is 24.1. The molecule has 0 aromatic heterocycles. The Morgan fingerprint density at radius 2 is 1.73 bits per heavy atom. The summed E-state index contributed by atoms with van der Waals surface area (Å²) in [6, 6.07) is 25.2. The number of ether oxygens (including phenoxy) is 1. The van der Waals surface area contributed by atoms with Crippen LogP contribution in [0.25, 0.3) is 11.1 Å². The third kappa shape index (κ3) is 3.76. The molecular formula is C30H31NO2. The van der Waals surface area contributed by atoms with Crippen LogP contribution in [-0.2, 0) is 11.3 Å². The van der Waals surface area contributed by atoms with E-state index in [2.05, 4.69) is 85.5 Å². The third-order valence-electron chi connectivity index (χ3n) is 7.46. The predicted octanol–water partition coefficient (Wildman–Crippen LogP) is 6.73. The highest BCUT2D eigenvalue weighted by molar-refractivity contribution is 5.87. The van der Waals surface area contributed by atoms with Crippen molar-refractivity contribution in [1.82, 2.24) is 4.90 Å². The molecule has 3 heteroatoms. The average molecular weight is 438 g/mol. The van der Waals surface area contributed by atoms with Crippen LogP contribution in [0.4, 0.5) is 0 Å². The quantitative estimate of drug-likeness (QED) is 0.414. The van der Waals surface area contributed by atoms with Gasteiger partial charge in [0, 0.05) is 18.0 Å². The van der Waals surface area contributed by atoms with E-state index in [1.54, 1.807) is 7.11 Å². The van der Waals surface area contributed by atoms with Gasteiger partial charge in [-0.1, -0.05) is 85.3 Å². The van der Waals surface area contributed by atoms with Gasteiger partial charge in [-0.15, -0.1) is 0 Å². The van der Waals surface area contributed by atoms with E-state index >= 15 is 0 Å². The Balaban J connectivity index is 1.64. The van der Waals surface area contributed by atoms with E-state index in [0.29, 0.717) is 6.54 Å². The summed E-state index contributed by atoms with van der Waals surface area (Å²) in [4.78, 5) is 16.0. The van der Waals surface area contributed by atoms with Crippen LogP contribution in [0.1, 0.15) is 42.5 Å². The van der Waals surface area contributed by atoms with Gasteiger partial charge in [-0.2, -0.15) is 0 Å². The zero-order chi connectivity index (χ0) is 23.0. The number of benzene rings is 3. The highest BCUT2D eigenvalue weighted by atomic mass is 16.5. The first-order valence-corrected chi connectivity index (χ1v) is 11.8. The average Bonchev–Trinajstić information content (AvgIpc) is 3.06. The van der Waals surface area contributed by atoms with Crippen LogP contribution in [0.3, 0.4) is 0 Å². The monoisotopic (exact) mass is 437 g/mol. The maximum Gasteiger partial charge on any atom is 0.230 e. The molecule has 0 radical (unpaired) electrons. The van der Waals surface area contributed by atoms with E-state index in [1.165, 1.54) is 11.1 Å². The van der Waals surface area contributed by atoms with Crippen molar-refractivity contribution in [2.75, 3.05) is 7.11 Å². The predicted molar refractivity (Wildman–Crippen MR) is 133 cm³/mol. The summed E-state index contributed by atoms with van der Waals surface area (Å²) in [5.74, 6) is 1.20. The topological polar surface area (TPSA) is 29.5 Å². The van der Waals surface area contributed by atoms with Gasteiger partial charge in [-0.3, -0.25) is 4.79 Å². The fourth-order valence-corrected chi connectivity index (χ4v) is 5.56. The molecule has 1 amide bonds. The number of aryl methyl sites for hydroxylation is 1. The second-order valence-electron chi connectivity index (χ2n) is 9.60. The van der Waals surface area contributed by atoms with Crippen molar-refractivity contribution in [1.29, 1.82) is 0 Å². The van der Waals surface area contributed by atoms with Crippen molar-refractivity contribution < 1.29 is 9.53 Å². The molecule has 1 aliphatic carbocycles. The van der Waals surface area contributed by atoms with Gasteiger partial charge in [-0.05, 0) is 48.6 Å². The fraction of sp³-hybridized carbons (Fsp3) is 0.300. The minimum Gasteiger partial charge on any atom is -0.496 e. The van der Waals surface area contributed by atoms with Gasteiger partial charge in [0.25, 0.3) is 0 Å². The molecule has 3 aromatic rings. The Morgan fingerprint density at radius 1 is 1.00 bits per heavy atom. The molecule has 1 fully saturated rings. The SMILES string of the molecule is COc1ccc(-c2ccc(C)cc2)cc1C1C2C=CCC[C@@]2(C)C(=O)N1Cc1ccccc1. The summed E-state index contributed by atoms with van der Waals surface area (Å²) >= 11 is 0. The van der Waals surface area contributed by atoms with Crippen molar-refractivity contribution in [3.8, 4) is 16.9 Å². The van der Waals surface area contributed by atoms with Crippen molar-refractivity contribution in [2.45, 2.75) is 39.3 Å². The second kappa shape index (κ2) is 8.55. The molecule has 3 nitrogen and oxygen atoms in total. The number of amides is 1. The first-order chi connectivity index (χ1) is 16.0. The summed E-state index contributed by atoms with van der Waals surface area (Å²) in [6.07, 6.45) is 6.35. The number of likely N-dealkylation sites (tertiary alicyclic amines) is 1. The first kappa shape index (κ1) is 21.5. The van der Waals surface area contributed by atoms with E-state index in [-0.39, 0.29) is 23.3 Å². The van der Waals surface area contributed by atoms with E-state index in [0.717, 1.165) is 35.3 Å². The number of hydrogen-bond acceptors (Lipinski definition) is 2. The Kier molecular flexibility index (Phi) is 5.57. The maximum atomic E-state index is 13.9. The zero-order valence-corrected chi connectivity index (χ0v) is 19.6. The molecule has 0 N–H and O–H groups in total. The highest BCUT2D eigenvalue weighted by Gasteiger charge is 2.56. The molecule has 168 valence electrons. The van der Waals surface area contributed by atoms with E-state index < -0.39 is 0 Å². The number of carbonyl (C=O) groups excluding carboxylic acids is 1. The van der Waals surface area contributed by atoms with Crippen LogP contribution in [0.5, 0.6) is 5.75 Å². The number of nitrogens with zero attached hydrogens (tertiary/aromatic N) is 1. The number of hydrogen-bond donors (Lipinski definition) is 0. The van der Waals surface area contributed by atoms with Crippen molar-refractivity contribution >= 4 is 5.91 Å². The Bertz CT molecular complexity index is 1180. The number of allylic oxidation sites excluding steroid dienone is 1. The maximum absolute atomic E-state index is 13.9. The van der Waals surface area contributed by atoms with Crippen LogP contribution in [-0.4, -0.2) is 17.9 Å². The van der Waals surface area contributed by atoms with Crippen molar-refractivity contribution in [3.05, 3.63) is 102 Å². The van der Waals surface area contributed by atoms with Gasteiger partial charge in [0.15, 0.2) is 0 Å². The molecular weight excluding hydrogens is 406 g/mol. The third-order valence-corrected chi connectivity index (χ3v) is 7.46. The van der Waals surface area contributed by atoms with Crippen LogP contribution in [0.2, 0.25) is 0 Å². The van der Waals surface area contributed by atoms with Crippen LogP contribution in [0, 0.1) is 18.3 Å². The molecule has 33 heavy (non-hydrogen) atoms. The molecule has 3 atom stereocenters. The van der Waals surface area contributed by atoms with Gasteiger partial charge in [0.2, 0.25) is 5.91 Å². The first-order valence-electron chi connectivity index (χ1n) is 11.8. The van der Waals surface area contributed by atoms with Crippen LogP contribution in [0.15, 0.2) is 84.9 Å². The molecule has 0 saturated carbocycles. The number of carbonyl (C=O) groups is 1. The summed E-state index contributed by atoms with van der Waals surface area (Å²) in [7, 11) is 1.72. The Labute approximate surface area is 196 Å². The van der Waals surface area contributed by atoms with Gasteiger partial charge in [0.05, 0.1) is 18.6 Å². The zero-order valence-electron chi connectivity index (χ0n) is 19.6. The molecule has 1 aliphatic heterocycles. The lowest BCUT2D eigenvalue weighted by Crippen LogP contribution is -2.34.